The first-order chi connectivity index (χ1) is 9.49. The van der Waals surface area contributed by atoms with Crippen LogP contribution in [-0.4, -0.2) is 40.5 Å². The van der Waals surface area contributed by atoms with Gasteiger partial charge in [-0.15, -0.1) is 0 Å². The van der Waals surface area contributed by atoms with E-state index in [-0.39, 0.29) is 5.56 Å². The van der Waals surface area contributed by atoms with Gasteiger partial charge in [-0.3, -0.25) is 4.79 Å². The summed E-state index contributed by atoms with van der Waals surface area (Å²) in [5.41, 5.74) is 5.85. The molecule has 1 aliphatic rings. The number of aromatic carboxylic acids is 1. The molecule has 1 unspecified atom stereocenters. The SMILES string of the molecule is NC(=O)C1CCCN1C(=O)Nc1ccc(C(=O)O)cc1. The normalized spacial score (nSPS) is 17.8. The molecule has 1 saturated heterocycles. The highest BCUT2D eigenvalue weighted by atomic mass is 16.4. The van der Waals surface area contributed by atoms with Crippen molar-refractivity contribution in [3.05, 3.63) is 29.8 Å². The monoisotopic (exact) mass is 277 g/mol. The molecule has 1 aromatic rings. The van der Waals surface area contributed by atoms with Crippen molar-refractivity contribution in [3.63, 3.8) is 0 Å². The van der Waals surface area contributed by atoms with Gasteiger partial charge in [-0.25, -0.2) is 9.59 Å². The average molecular weight is 277 g/mol. The molecule has 0 aliphatic carbocycles. The van der Waals surface area contributed by atoms with E-state index < -0.39 is 23.9 Å². The minimum Gasteiger partial charge on any atom is -0.478 e. The Morgan fingerprint density at radius 3 is 2.45 bits per heavy atom. The number of primary amides is 1. The van der Waals surface area contributed by atoms with Crippen LogP contribution in [0.25, 0.3) is 0 Å². The molecule has 2 rings (SSSR count). The van der Waals surface area contributed by atoms with E-state index in [1.807, 2.05) is 0 Å². The predicted octanol–water partition coefficient (Wildman–Crippen LogP) is 0.866. The van der Waals surface area contributed by atoms with Crippen LogP contribution >= 0.6 is 0 Å². The van der Waals surface area contributed by atoms with Crippen LogP contribution in [0.3, 0.4) is 0 Å². The minimum absolute atomic E-state index is 0.138. The molecule has 0 spiro atoms. The number of anilines is 1. The van der Waals surface area contributed by atoms with Gasteiger partial charge in [-0.1, -0.05) is 0 Å². The minimum atomic E-state index is -1.03. The fraction of sp³-hybridized carbons (Fsp3) is 0.308. The van der Waals surface area contributed by atoms with Crippen LogP contribution in [0.2, 0.25) is 0 Å². The predicted molar refractivity (Wildman–Crippen MR) is 71.3 cm³/mol. The van der Waals surface area contributed by atoms with Gasteiger partial charge in [-0.2, -0.15) is 0 Å². The van der Waals surface area contributed by atoms with Gasteiger partial charge in [-0.05, 0) is 37.1 Å². The molecule has 0 bridgehead atoms. The molecule has 3 amide bonds. The molecular weight excluding hydrogens is 262 g/mol. The summed E-state index contributed by atoms with van der Waals surface area (Å²) in [5, 5.41) is 11.4. The van der Waals surface area contributed by atoms with Crippen LogP contribution in [0.15, 0.2) is 24.3 Å². The lowest BCUT2D eigenvalue weighted by Crippen LogP contribution is -2.45. The molecule has 1 fully saturated rings. The van der Waals surface area contributed by atoms with Crippen molar-refractivity contribution in [1.82, 2.24) is 4.90 Å². The van der Waals surface area contributed by atoms with Crippen LogP contribution in [0, 0.1) is 0 Å². The Morgan fingerprint density at radius 2 is 1.90 bits per heavy atom. The van der Waals surface area contributed by atoms with E-state index in [0.717, 1.165) is 6.42 Å². The van der Waals surface area contributed by atoms with E-state index in [1.54, 1.807) is 0 Å². The number of amides is 3. The summed E-state index contributed by atoms with van der Waals surface area (Å²) in [4.78, 5) is 35.4. The molecule has 7 heteroatoms. The number of carboxylic acid groups (broad SMARTS) is 1. The van der Waals surface area contributed by atoms with Crippen molar-refractivity contribution in [2.24, 2.45) is 5.73 Å². The van der Waals surface area contributed by atoms with Crippen LogP contribution in [0.5, 0.6) is 0 Å². The molecule has 1 aromatic carbocycles. The third-order valence-corrected chi connectivity index (χ3v) is 3.23. The Kier molecular flexibility index (Phi) is 3.88. The first-order valence-corrected chi connectivity index (χ1v) is 6.19. The summed E-state index contributed by atoms with van der Waals surface area (Å²) in [6.45, 7) is 0.479. The second-order valence-electron chi connectivity index (χ2n) is 4.57. The molecule has 1 atom stereocenters. The Balaban J connectivity index is 2.04. The largest absolute Gasteiger partial charge is 0.478 e. The number of nitrogens with zero attached hydrogens (tertiary/aromatic N) is 1. The maximum atomic E-state index is 12.0. The number of carboxylic acids is 1. The molecule has 0 saturated carbocycles. The van der Waals surface area contributed by atoms with Crippen molar-refractivity contribution in [1.29, 1.82) is 0 Å². The number of carbonyl (C=O) groups is 3. The van der Waals surface area contributed by atoms with E-state index in [0.29, 0.717) is 18.7 Å². The standard InChI is InChI=1S/C13H15N3O4/c14-11(17)10-2-1-7-16(10)13(20)15-9-5-3-8(4-6-9)12(18)19/h3-6,10H,1-2,7H2,(H2,14,17)(H,15,20)(H,18,19). The highest BCUT2D eigenvalue weighted by Gasteiger charge is 2.32. The Labute approximate surface area is 115 Å². The summed E-state index contributed by atoms with van der Waals surface area (Å²) in [7, 11) is 0. The third-order valence-electron chi connectivity index (χ3n) is 3.23. The summed E-state index contributed by atoms with van der Waals surface area (Å²) in [5.74, 6) is -1.55. The quantitative estimate of drug-likeness (QED) is 0.760. The number of hydrogen-bond donors (Lipinski definition) is 3. The zero-order chi connectivity index (χ0) is 14.7. The van der Waals surface area contributed by atoms with Crippen LogP contribution < -0.4 is 11.1 Å². The van der Waals surface area contributed by atoms with Gasteiger partial charge in [0.15, 0.2) is 0 Å². The third kappa shape index (κ3) is 2.87. The zero-order valence-electron chi connectivity index (χ0n) is 10.7. The van der Waals surface area contributed by atoms with Crippen molar-refractivity contribution >= 4 is 23.6 Å². The maximum absolute atomic E-state index is 12.0. The van der Waals surface area contributed by atoms with E-state index in [4.69, 9.17) is 10.8 Å². The van der Waals surface area contributed by atoms with Crippen molar-refractivity contribution < 1.29 is 19.5 Å². The average Bonchev–Trinajstić information content (AvgIpc) is 2.88. The Hall–Kier alpha value is -2.57. The number of carbonyl (C=O) groups excluding carboxylic acids is 2. The van der Waals surface area contributed by atoms with Gasteiger partial charge in [0.1, 0.15) is 6.04 Å². The van der Waals surface area contributed by atoms with Gasteiger partial charge >= 0.3 is 12.0 Å². The van der Waals surface area contributed by atoms with E-state index in [1.165, 1.54) is 29.2 Å². The Morgan fingerprint density at radius 1 is 1.25 bits per heavy atom. The molecule has 0 aromatic heterocycles. The summed E-state index contributed by atoms with van der Waals surface area (Å²) in [6, 6.07) is 4.80. The fourth-order valence-electron chi connectivity index (χ4n) is 2.20. The smallest absolute Gasteiger partial charge is 0.335 e. The lowest BCUT2D eigenvalue weighted by molar-refractivity contribution is -0.121. The van der Waals surface area contributed by atoms with Gasteiger partial charge in [0.05, 0.1) is 5.56 Å². The second-order valence-corrected chi connectivity index (χ2v) is 4.57. The molecule has 106 valence electrons. The zero-order valence-corrected chi connectivity index (χ0v) is 10.7. The van der Waals surface area contributed by atoms with Gasteiger partial charge in [0.2, 0.25) is 5.91 Å². The molecule has 7 nitrogen and oxygen atoms in total. The number of benzene rings is 1. The van der Waals surface area contributed by atoms with Crippen LogP contribution in [-0.2, 0) is 4.79 Å². The van der Waals surface area contributed by atoms with Crippen molar-refractivity contribution in [3.8, 4) is 0 Å². The summed E-state index contributed by atoms with van der Waals surface area (Å²) < 4.78 is 0. The topological polar surface area (TPSA) is 113 Å². The van der Waals surface area contributed by atoms with Gasteiger partial charge in [0, 0.05) is 12.2 Å². The van der Waals surface area contributed by atoms with Gasteiger partial charge < -0.3 is 21.1 Å². The second kappa shape index (κ2) is 5.60. The fourth-order valence-corrected chi connectivity index (χ4v) is 2.20. The first kappa shape index (κ1) is 13.9. The first-order valence-electron chi connectivity index (χ1n) is 6.19. The Bertz CT molecular complexity index is 541. The van der Waals surface area contributed by atoms with Gasteiger partial charge in [0.25, 0.3) is 0 Å². The molecule has 0 radical (unpaired) electrons. The number of nitrogens with one attached hydrogen (secondary N) is 1. The number of urea groups is 1. The number of hydrogen-bond acceptors (Lipinski definition) is 3. The highest BCUT2D eigenvalue weighted by molar-refractivity contribution is 5.94. The lowest BCUT2D eigenvalue weighted by atomic mass is 10.2. The number of rotatable bonds is 3. The lowest BCUT2D eigenvalue weighted by Gasteiger charge is -2.22. The van der Waals surface area contributed by atoms with Crippen LogP contribution in [0.1, 0.15) is 23.2 Å². The number of likely N-dealkylation sites (tertiary alicyclic amines) is 1. The maximum Gasteiger partial charge on any atom is 0.335 e. The molecule has 20 heavy (non-hydrogen) atoms. The molecular formula is C13H15N3O4. The van der Waals surface area contributed by atoms with Crippen molar-refractivity contribution in [2.75, 3.05) is 11.9 Å². The summed E-state index contributed by atoms with van der Waals surface area (Å²) >= 11 is 0. The molecule has 1 heterocycles. The molecule has 4 N–H and O–H groups in total. The number of nitrogens with two attached hydrogens (primary N) is 1. The van der Waals surface area contributed by atoms with E-state index in [2.05, 4.69) is 5.32 Å². The van der Waals surface area contributed by atoms with E-state index >= 15 is 0 Å². The van der Waals surface area contributed by atoms with Crippen molar-refractivity contribution in [2.45, 2.75) is 18.9 Å². The summed E-state index contributed by atoms with van der Waals surface area (Å²) in [6.07, 6.45) is 1.31. The highest BCUT2D eigenvalue weighted by Crippen LogP contribution is 2.19. The van der Waals surface area contributed by atoms with E-state index in [9.17, 15) is 14.4 Å². The molecule has 1 aliphatic heterocycles. The van der Waals surface area contributed by atoms with Crippen LogP contribution in [0.4, 0.5) is 10.5 Å².